The number of hydrogen-bond donors (Lipinski definition) is 0. The van der Waals surface area contributed by atoms with Crippen molar-refractivity contribution in [2.45, 2.75) is 6.61 Å². The van der Waals surface area contributed by atoms with Crippen LogP contribution in [0.15, 0.2) is 54.6 Å². The molecule has 2 aromatic rings. The molecule has 0 N–H and O–H groups in total. The number of halogens is 1. The Morgan fingerprint density at radius 1 is 1.19 bits per heavy atom. The van der Waals surface area contributed by atoms with Crippen molar-refractivity contribution in [3.05, 3.63) is 77.1 Å². The second kappa shape index (κ2) is 7.01. The van der Waals surface area contributed by atoms with Gasteiger partial charge in [0.15, 0.2) is 0 Å². The molecule has 0 spiro atoms. The van der Waals surface area contributed by atoms with Crippen molar-refractivity contribution in [1.29, 1.82) is 5.26 Å². The third kappa shape index (κ3) is 4.02. The summed E-state index contributed by atoms with van der Waals surface area (Å²) < 4.78 is 18.4. The molecule has 3 nitrogen and oxygen atoms in total. The Hall–Kier alpha value is -2.93. The first-order valence-corrected chi connectivity index (χ1v) is 6.28. The van der Waals surface area contributed by atoms with E-state index in [-0.39, 0.29) is 6.61 Å². The minimum atomic E-state index is -0.592. The summed E-state index contributed by atoms with van der Waals surface area (Å²) >= 11 is 0. The lowest BCUT2D eigenvalue weighted by molar-refractivity contribution is -0.138. The van der Waals surface area contributed by atoms with Crippen LogP contribution in [0.5, 0.6) is 0 Å². The molecule has 0 aromatic heterocycles. The number of carbonyl (C=O) groups is 1. The van der Waals surface area contributed by atoms with E-state index in [2.05, 4.69) is 0 Å². The molecule has 0 heterocycles. The average molecular weight is 281 g/mol. The van der Waals surface area contributed by atoms with Gasteiger partial charge in [-0.05, 0) is 18.2 Å². The lowest BCUT2D eigenvalue weighted by Gasteiger charge is -2.04. The van der Waals surface area contributed by atoms with Gasteiger partial charge in [0.05, 0.1) is 11.6 Å². The minimum absolute atomic E-state index is 0.00415. The van der Waals surface area contributed by atoms with Crippen LogP contribution in [-0.4, -0.2) is 5.97 Å². The number of nitrogens with zero attached hydrogens (tertiary/aromatic N) is 1. The van der Waals surface area contributed by atoms with Gasteiger partial charge in [0.1, 0.15) is 12.4 Å². The summed E-state index contributed by atoms with van der Waals surface area (Å²) in [5, 5.41) is 8.92. The number of ether oxygens (including phenoxy) is 1. The number of rotatable bonds is 4. The van der Waals surface area contributed by atoms with Crippen LogP contribution >= 0.6 is 0 Å². The molecule has 0 atom stereocenters. The van der Waals surface area contributed by atoms with Crippen molar-refractivity contribution in [1.82, 2.24) is 0 Å². The van der Waals surface area contributed by atoms with E-state index in [1.54, 1.807) is 42.5 Å². The lowest BCUT2D eigenvalue weighted by Crippen LogP contribution is -2.02. The smallest absolute Gasteiger partial charge is 0.331 e. The Morgan fingerprint density at radius 2 is 1.90 bits per heavy atom. The van der Waals surface area contributed by atoms with Gasteiger partial charge in [0.25, 0.3) is 0 Å². The molecule has 0 unspecified atom stereocenters. The van der Waals surface area contributed by atoms with Gasteiger partial charge in [-0.25, -0.2) is 9.18 Å². The molecule has 21 heavy (non-hydrogen) atoms. The van der Waals surface area contributed by atoms with Crippen molar-refractivity contribution in [3.63, 3.8) is 0 Å². The molecular formula is C17H12FNO2. The monoisotopic (exact) mass is 281 g/mol. The van der Waals surface area contributed by atoms with Gasteiger partial charge in [-0.15, -0.1) is 0 Å². The van der Waals surface area contributed by atoms with E-state index in [0.717, 1.165) is 6.08 Å². The Balaban J connectivity index is 1.97. The van der Waals surface area contributed by atoms with Gasteiger partial charge in [-0.3, -0.25) is 0 Å². The van der Waals surface area contributed by atoms with Crippen LogP contribution < -0.4 is 0 Å². The van der Waals surface area contributed by atoms with Crippen LogP contribution in [-0.2, 0) is 16.1 Å². The molecule has 0 saturated carbocycles. The van der Waals surface area contributed by atoms with E-state index < -0.39 is 11.8 Å². The van der Waals surface area contributed by atoms with Crippen molar-refractivity contribution >= 4 is 12.0 Å². The quantitative estimate of drug-likeness (QED) is 0.637. The second-order valence-electron chi connectivity index (χ2n) is 4.23. The van der Waals surface area contributed by atoms with E-state index in [1.165, 1.54) is 12.1 Å². The van der Waals surface area contributed by atoms with Crippen LogP contribution in [0.25, 0.3) is 6.08 Å². The summed E-state index contributed by atoms with van der Waals surface area (Å²) in [7, 11) is 0. The number of carbonyl (C=O) groups excluding carboxylic acids is 1. The van der Waals surface area contributed by atoms with Crippen molar-refractivity contribution in [3.8, 4) is 6.07 Å². The number of esters is 1. The van der Waals surface area contributed by atoms with Gasteiger partial charge < -0.3 is 4.74 Å². The van der Waals surface area contributed by atoms with Crippen LogP contribution in [0.3, 0.4) is 0 Å². The van der Waals surface area contributed by atoms with Gasteiger partial charge in [-0.1, -0.05) is 36.4 Å². The molecule has 0 saturated heterocycles. The van der Waals surface area contributed by atoms with E-state index >= 15 is 0 Å². The van der Waals surface area contributed by atoms with E-state index in [0.29, 0.717) is 16.7 Å². The number of nitriles is 1. The summed E-state index contributed by atoms with van der Waals surface area (Å²) in [5.74, 6) is -0.998. The Bertz CT molecular complexity index is 717. The predicted octanol–water partition coefficient (Wildman–Crippen LogP) is 3.45. The molecule has 0 aliphatic heterocycles. The highest BCUT2D eigenvalue weighted by atomic mass is 19.1. The molecule has 0 aliphatic carbocycles. The Labute approximate surface area is 121 Å². The highest BCUT2D eigenvalue weighted by molar-refractivity contribution is 5.87. The molecular weight excluding hydrogens is 269 g/mol. The summed E-state index contributed by atoms with van der Waals surface area (Å²) in [6, 6.07) is 15.0. The maximum atomic E-state index is 13.4. The predicted molar refractivity (Wildman–Crippen MR) is 76.4 cm³/mol. The third-order valence-corrected chi connectivity index (χ3v) is 2.81. The molecule has 2 rings (SSSR count). The molecule has 0 radical (unpaired) electrons. The first-order chi connectivity index (χ1) is 10.2. The van der Waals surface area contributed by atoms with Gasteiger partial charge in [0, 0.05) is 17.2 Å². The average Bonchev–Trinajstić information content (AvgIpc) is 2.52. The summed E-state index contributed by atoms with van der Waals surface area (Å²) in [4.78, 5) is 11.6. The second-order valence-corrected chi connectivity index (χ2v) is 4.23. The third-order valence-electron chi connectivity index (χ3n) is 2.81. The summed E-state index contributed by atoms with van der Waals surface area (Å²) in [6.07, 6.45) is 2.52. The fourth-order valence-electron chi connectivity index (χ4n) is 1.72. The fourth-order valence-corrected chi connectivity index (χ4v) is 1.72. The van der Waals surface area contributed by atoms with Crippen LogP contribution in [0.4, 0.5) is 4.39 Å². The van der Waals surface area contributed by atoms with E-state index in [4.69, 9.17) is 10.00 Å². The van der Waals surface area contributed by atoms with Crippen LogP contribution in [0, 0.1) is 17.1 Å². The molecule has 0 fully saturated rings. The highest BCUT2D eigenvalue weighted by Gasteiger charge is 2.04. The topological polar surface area (TPSA) is 50.1 Å². The first-order valence-electron chi connectivity index (χ1n) is 6.28. The zero-order valence-electron chi connectivity index (χ0n) is 11.1. The normalized spacial score (nSPS) is 10.3. The standard InChI is InChI=1S/C17H12FNO2/c18-16-8-4-3-5-13(16)9-10-17(20)21-12-15-7-2-1-6-14(15)11-19/h1-10H,12H2/b10-9+. The largest absolute Gasteiger partial charge is 0.458 e. The van der Waals surface area contributed by atoms with Gasteiger partial charge in [0.2, 0.25) is 0 Å². The zero-order chi connectivity index (χ0) is 15.1. The molecule has 0 aliphatic rings. The van der Waals surface area contributed by atoms with Crippen LogP contribution in [0.1, 0.15) is 16.7 Å². The molecule has 0 amide bonds. The van der Waals surface area contributed by atoms with E-state index in [9.17, 15) is 9.18 Å². The maximum absolute atomic E-state index is 13.4. The minimum Gasteiger partial charge on any atom is -0.458 e. The SMILES string of the molecule is N#Cc1ccccc1COC(=O)/C=C/c1ccccc1F. The summed E-state index contributed by atoms with van der Waals surface area (Å²) in [6.45, 7) is 0.00415. The first kappa shape index (κ1) is 14.5. The molecule has 0 bridgehead atoms. The van der Waals surface area contributed by atoms with Gasteiger partial charge in [-0.2, -0.15) is 5.26 Å². The molecule has 104 valence electrons. The Kier molecular flexibility index (Phi) is 4.84. The van der Waals surface area contributed by atoms with Crippen molar-refractivity contribution < 1.29 is 13.9 Å². The number of benzene rings is 2. The zero-order valence-corrected chi connectivity index (χ0v) is 11.1. The van der Waals surface area contributed by atoms with Crippen molar-refractivity contribution in [2.24, 2.45) is 0 Å². The molecule has 2 aromatic carbocycles. The molecule has 4 heteroatoms. The van der Waals surface area contributed by atoms with Gasteiger partial charge >= 0.3 is 5.97 Å². The number of hydrogen-bond acceptors (Lipinski definition) is 3. The van der Waals surface area contributed by atoms with E-state index in [1.807, 2.05) is 6.07 Å². The Morgan fingerprint density at radius 3 is 2.67 bits per heavy atom. The maximum Gasteiger partial charge on any atom is 0.331 e. The lowest BCUT2D eigenvalue weighted by atomic mass is 10.1. The van der Waals surface area contributed by atoms with Crippen LogP contribution in [0.2, 0.25) is 0 Å². The highest BCUT2D eigenvalue weighted by Crippen LogP contribution is 2.10. The van der Waals surface area contributed by atoms with Crippen molar-refractivity contribution in [2.75, 3.05) is 0 Å². The fraction of sp³-hybridized carbons (Fsp3) is 0.0588. The summed E-state index contributed by atoms with van der Waals surface area (Å²) in [5.41, 5.74) is 1.41.